The molecule has 2 aliphatic heterocycles. The van der Waals surface area contributed by atoms with Gasteiger partial charge in [-0.05, 0) is 30.3 Å². The topological polar surface area (TPSA) is 41.9 Å². The highest BCUT2D eigenvalue weighted by Crippen LogP contribution is 2.50. The Hall–Kier alpha value is -2.25. The van der Waals surface area contributed by atoms with Crippen LogP contribution in [0.1, 0.15) is 12.5 Å². The minimum Gasteiger partial charge on any atom is -0.453 e. The average molecular weight is 365 g/mol. The van der Waals surface area contributed by atoms with Crippen molar-refractivity contribution < 1.29 is 27.8 Å². The van der Waals surface area contributed by atoms with E-state index in [9.17, 15) is 18.3 Å². The number of fused-ring (bicyclic) bond motifs is 2. The summed E-state index contributed by atoms with van der Waals surface area (Å²) in [7, 11) is 0. The lowest BCUT2D eigenvalue weighted by Gasteiger charge is -2.44. The summed E-state index contributed by atoms with van der Waals surface area (Å²) < 4.78 is 50.6. The second-order valence-corrected chi connectivity index (χ2v) is 6.69. The first-order valence-electron chi connectivity index (χ1n) is 8.39. The molecule has 2 aromatic carbocycles. The molecule has 2 aromatic rings. The van der Waals surface area contributed by atoms with Gasteiger partial charge in [0.1, 0.15) is 0 Å². The van der Waals surface area contributed by atoms with Crippen molar-refractivity contribution in [2.45, 2.75) is 25.2 Å². The normalized spacial score (nSPS) is 25.3. The van der Waals surface area contributed by atoms with Crippen LogP contribution in [-0.4, -0.2) is 30.5 Å². The van der Waals surface area contributed by atoms with Gasteiger partial charge in [0.2, 0.25) is 0 Å². The van der Waals surface area contributed by atoms with Crippen molar-refractivity contribution in [3.05, 3.63) is 48.0 Å². The molecule has 4 rings (SSSR count). The molecular formula is C19H18F3NO3. The Morgan fingerprint density at radius 1 is 1.04 bits per heavy atom. The highest BCUT2D eigenvalue weighted by atomic mass is 19.4. The van der Waals surface area contributed by atoms with E-state index < -0.39 is 23.9 Å². The smallest absolute Gasteiger partial charge is 0.416 e. The van der Waals surface area contributed by atoms with Crippen molar-refractivity contribution in [2.75, 3.05) is 18.1 Å². The van der Waals surface area contributed by atoms with Gasteiger partial charge in [-0.3, -0.25) is 0 Å². The minimum atomic E-state index is -4.46. The standard InChI is InChI=1S/C19H18F3NO3/c1-11-9-25-10-15(18(11)24)23-13-4-2-3-5-16(13)26-17-8-12(19(20,21)22)6-7-14(17)23/h2-8,11,15,18,24H,9-10H2,1H3/t11?,15-,18-/m0/s1. The molecule has 2 aliphatic rings. The SMILES string of the molecule is CC1COC[C@H](N2c3ccccc3Oc3cc(C(F)(F)F)ccc32)[C@H]1O. The van der Waals surface area contributed by atoms with Gasteiger partial charge in [0, 0.05) is 5.92 Å². The predicted molar refractivity (Wildman–Crippen MR) is 89.9 cm³/mol. The first-order chi connectivity index (χ1) is 12.4. The Balaban J connectivity index is 1.84. The lowest BCUT2D eigenvalue weighted by Crippen LogP contribution is -2.52. The van der Waals surface area contributed by atoms with Crippen LogP contribution < -0.4 is 9.64 Å². The number of para-hydroxylation sites is 2. The third-order valence-electron chi connectivity index (χ3n) is 4.87. The number of benzene rings is 2. The Morgan fingerprint density at radius 3 is 2.54 bits per heavy atom. The van der Waals surface area contributed by atoms with Crippen molar-refractivity contribution in [3.63, 3.8) is 0 Å². The number of hydrogen-bond acceptors (Lipinski definition) is 4. The molecule has 1 saturated heterocycles. The average Bonchev–Trinajstić information content (AvgIpc) is 2.61. The van der Waals surface area contributed by atoms with Crippen LogP contribution in [0.2, 0.25) is 0 Å². The van der Waals surface area contributed by atoms with E-state index in [-0.39, 0.29) is 18.3 Å². The zero-order valence-electron chi connectivity index (χ0n) is 14.0. The number of aliphatic hydroxyl groups is 1. The lowest BCUT2D eigenvalue weighted by atomic mass is 9.93. The molecule has 0 bridgehead atoms. The highest BCUT2D eigenvalue weighted by molar-refractivity contribution is 5.79. The fraction of sp³-hybridized carbons (Fsp3) is 0.368. The number of hydrogen-bond donors (Lipinski definition) is 1. The molecule has 1 fully saturated rings. The van der Waals surface area contributed by atoms with E-state index in [4.69, 9.17) is 9.47 Å². The maximum atomic E-state index is 13.1. The summed E-state index contributed by atoms with van der Waals surface area (Å²) in [5, 5.41) is 10.7. The zero-order valence-corrected chi connectivity index (χ0v) is 14.0. The third kappa shape index (κ3) is 2.81. The molecule has 138 valence electrons. The van der Waals surface area contributed by atoms with Gasteiger partial charge in [-0.25, -0.2) is 0 Å². The number of alkyl halides is 3. The summed E-state index contributed by atoms with van der Waals surface area (Å²) in [5.74, 6) is 0.482. The van der Waals surface area contributed by atoms with Gasteiger partial charge >= 0.3 is 6.18 Å². The molecule has 0 radical (unpaired) electrons. The molecule has 0 spiro atoms. The number of nitrogens with zero attached hydrogens (tertiary/aromatic N) is 1. The molecule has 0 saturated carbocycles. The van der Waals surface area contributed by atoms with Crippen molar-refractivity contribution in [1.82, 2.24) is 0 Å². The lowest BCUT2D eigenvalue weighted by molar-refractivity contribution is -0.137. The van der Waals surface area contributed by atoms with Crippen molar-refractivity contribution in [1.29, 1.82) is 0 Å². The number of rotatable bonds is 1. The summed E-state index contributed by atoms with van der Waals surface area (Å²) in [5.41, 5.74) is 0.407. The molecular weight excluding hydrogens is 347 g/mol. The Bertz CT molecular complexity index is 824. The molecule has 0 aromatic heterocycles. The van der Waals surface area contributed by atoms with Gasteiger partial charge in [0.05, 0.1) is 42.3 Å². The second-order valence-electron chi connectivity index (χ2n) is 6.69. The molecule has 4 nitrogen and oxygen atoms in total. The van der Waals surface area contributed by atoms with Crippen LogP contribution in [-0.2, 0) is 10.9 Å². The van der Waals surface area contributed by atoms with Gasteiger partial charge in [0.25, 0.3) is 0 Å². The molecule has 1 unspecified atom stereocenters. The maximum Gasteiger partial charge on any atom is 0.416 e. The van der Waals surface area contributed by atoms with E-state index in [2.05, 4.69) is 0 Å². The van der Waals surface area contributed by atoms with E-state index in [0.29, 0.717) is 23.7 Å². The van der Waals surface area contributed by atoms with Crippen LogP contribution in [0, 0.1) is 5.92 Å². The molecule has 0 aliphatic carbocycles. The minimum absolute atomic E-state index is 0.0818. The quantitative estimate of drug-likeness (QED) is 0.816. The predicted octanol–water partition coefficient (Wildman–Crippen LogP) is 4.35. The van der Waals surface area contributed by atoms with Gasteiger partial charge in [-0.2, -0.15) is 13.2 Å². The summed E-state index contributed by atoms with van der Waals surface area (Å²) >= 11 is 0. The van der Waals surface area contributed by atoms with Gasteiger partial charge < -0.3 is 19.5 Å². The van der Waals surface area contributed by atoms with Crippen LogP contribution in [0.3, 0.4) is 0 Å². The van der Waals surface area contributed by atoms with Crippen LogP contribution in [0.15, 0.2) is 42.5 Å². The largest absolute Gasteiger partial charge is 0.453 e. The Labute approximate surface area is 148 Å². The highest BCUT2D eigenvalue weighted by Gasteiger charge is 2.40. The molecule has 0 amide bonds. The molecule has 2 heterocycles. The first kappa shape index (κ1) is 17.2. The molecule has 26 heavy (non-hydrogen) atoms. The second kappa shape index (κ2) is 6.17. The summed E-state index contributed by atoms with van der Waals surface area (Å²) in [6.07, 6.45) is -5.13. The van der Waals surface area contributed by atoms with E-state index in [1.165, 1.54) is 6.07 Å². The summed E-state index contributed by atoms with van der Waals surface area (Å²) in [6, 6.07) is 10.1. The van der Waals surface area contributed by atoms with E-state index in [1.54, 1.807) is 12.1 Å². The first-order valence-corrected chi connectivity index (χ1v) is 8.39. The number of ether oxygens (including phenoxy) is 2. The number of halogens is 3. The molecule has 7 heteroatoms. The van der Waals surface area contributed by atoms with Gasteiger partial charge in [0.15, 0.2) is 11.5 Å². The van der Waals surface area contributed by atoms with Crippen molar-refractivity contribution in [3.8, 4) is 11.5 Å². The van der Waals surface area contributed by atoms with Crippen LogP contribution in [0.4, 0.5) is 24.5 Å². The molecule has 3 atom stereocenters. The van der Waals surface area contributed by atoms with Crippen molar-refractivity contribution in [2.24, 2.45) is 5.92 Å². The number of aliphatic hydroxyl groups excluding tert-OH is 1. The molecule has 1 N–H and O–H groups in total. The van der Waals surface area contributed by atoms with Gasteiger partial charge in [-0.1, -0.05) is 19.1 Å². The van der Waals surface area contributed by atoms with Gasteiger partial charge in [-0.15, -0.1) is 0 Å². The van der Waals surface area contributed by atoms with E-state index >= 15 is 0 Å². The zero-order chi connectivity index (χ0) is 18.5. The van der Waals surface area contributed by atoms with Crippen LogP contribution in [0.25, 0.3) is 0 Å². The monoisotopic (exact) mass is 365 g/mol. The third-order valence-corrected chi connectivity index (χ3v) is 4.87. The van der Waals surface area contributed by atoms with E-state index in [0.717, 1.165) is 12.1 Å². The Morgan fingerprint density at radius 2 is 1.77 bits per heavy atom. The summed E-state index contributed by atoms with van der Waals surface area (Å²) in [6.45, 7) is 2.61. The van der Waals surface area contributed by atoms with Crippen LogP contribution >= 0.6 is 0 Å². The van der Waals surface area contributed by atoms with E-state index in [1.807, 2.05) is 24.0 Å². The fourth-order valence-electron chi connectivity index (χ4n) is 3.50. The fourth-order valence-corrected chi connectivity index (χ4v) is 3.50. The maximum absolute atomic E-state index is 13.1. The Kier molecular flexibility index (Phi) is 4.08. The number of anilines is 2. The summed E-state index contributed by atoms with van der Waals surface area (Å²) in [4.78, 5) is 1.83. The van der Waals surface area contributed by atoms with Crippen molar-refractivity contribution >= 4 is 11.4 Å². The van der Waals surface area contributed by atoms with Crippen LogP contribution in [0.5, 0.6) is 11.5 Å².